The van der Waals surface area contributed by atoms with Gasteiger partial charge in [0.25, 0.3) is 0 Å². The molecule has 0 unspecified atom stereocenters. The molecule has 5 heteroatoms. The fourth-order valence-electron chi connectivity index (χ4n) is 1.83. The number of anilines is 1. The van der Waals surface area contributed by atoms with Gasteiger partial charge in [-0.2, -0.15) is 0 Å². The van der Waals surface area contributed by atoms with Crippen molar-refractivity contribution in [1.29, 1.82) is 0 Å². The molecule has 0 aliphatic carbocycles. The molecule has 1 N–H and O–H groups in total. The third kappa shape index (κ3) is 3.77. The molecule has 20 heavy (non-hydrogen) atoms. The number of benzene rings is 1. The summed E-state index contributed by atoms with van der Waals surface area (Å²) in [5, 5.41) is 3.23. The van der Waals surface area contributed by atoms with Crippen molar-refractivity contribution in [1.82, 2.24) is 9.97 Å². The van der Waals surface area contributed by atoms with Gasteiger partial charge in [-0.05, 0) is 19.9 Å². The van der Waals surface area contributed by atoms with E-state index in [0.717, 1.165) is 28.1 Å². The van der Waals surface area contributed by atoms with Crippen LogP contribution in [0.15, 0.2) is 34.8 Å². The SMILES string of the molecule is CCNc1cc(-c2ccccc2Br)nc(COCC)n1. The number of ether oxygens (including phenoxy) is 1. The smallest absolute Gasteiger partial charge is 0.157 e. The van der Waals surface area contributed by atoms with Crippen molar-refractivity contribution in [2.24, 2.45) is 0 Å². The lowest BCUT2D eigenvalue weighted by Gasteiger charge is -2.10. The Hall–Kier alpha value is -1.46. The van der Waals surface area contributed by atoms with Crippen LogP contribution in [0.5, 0.6) is 0 Å². The van der Waals surface area contributed by atoms with E-state index in [-0.39, 0.29) is 0 Å². The van der Waals surface area contributed by atoms with Crippen LogP contribution in [-0.2, 0) is 11.3 Å². The molecule has 2 rings (SSSR count). The van der Waals surface area contributed by atoms with Gasteiger partial charge in [-0.1, -0.05) is 34.1 Å². The molecular weight excluding hydrogens is 318 g/mol. The second-order valence-electron chi connectivity index (χ2n) is 4.20. The lowest BCUT2D eigenvalue weighted by molar-refractivity contribution is 0.128. The van der Waals surface area contributed by atoms with Gasteiger partial charge in [0.05, 0.1) is 5.69 Å². The summed E-state index contributed by atoms with van der Waals surface area (Å²) < 4.78 is 6.43. The maximum atomic E-state index is 5.41. The Morgan fingerprint density at radius 2 is 2.00 bits per heavy atom. The summed E-state index contributed by atoms with van der Waals surface area (Å²) >= 11 is 3.56. The van der Waals surface area contributed by atoms with Gasteiger partial charge in [0.15, 0.2) is 5.82 Å². The topological polar surface area (TPSA) is 47.0 Å². The minimum absolute atomic E-state index is 0.424. The fraction of sp³-hybridized carbons (Fsp3) is 0.333. The molecule has 0 bridgehead atoms. The van der Waals surface area contributed by atoms with Gasteiger partial charge in [0.2, 0.25) is 0 Å². The lowest BCUT2D eigenvalue weighted by atomic mass is 10.1. The van der Waals surface area contributed by atoms with Gasteiger partial charge >= 0.3 is 0 Å². The molecule has 106 valence electrons. The lowest BCUT2D eigenvalue weighted by Crippen LogP contribution is -2.06. The van der Waals surface area contributed by atoms with Gasteiger partial charge in [0, 0.05) is 29.3 Å². The van der Waals surface area contributed by atoms with Gasteiger partial charge < -0.3 is 10.1 Å². The number of nitrogens with one attached hydrogen (secondary N) is 1. The third-order valence-corrected chi connectivity index (χ3v) is 3.41. The van der Waals surface area contributed by atoms with Crippen LogP contribution in [-0.4, -0.2) is 23.1 Å². The first-order valence-electron chi connectivity index (χ1n) is 6.69. The molecule has 0 spiro atoms. The summed E-state index contributed by atoms with van der Waals surface area (Å²) in [5.74, 6) is 1.51. The van der Waals surface area contributed by atoms with Gasteiger partial charge in [-0.25, -0.2) is 9.97 Å². The monoisotopic (exact) mass is 335 g/mol. The molecule has 1 heterocycles. The zero-order valence-electron chi connectivity index (χ0n) is 11.7. The van der Waals surface area contributed by atoms with Crippen molar-refractivity contribution < 1.29 is 4.74 Å². The van der Waals surface area contributed by atoms with E-state index in [0.29, 0.717) is 19.0 Å². The Bertz CT molecular complexity index is 575. The summed E-state index contributed by atoms with van der Waals surface area (Å²) in [7, 11) is 0. The average molecular weight is 336 g/mol. The maximum absolute atomic E-state index is 5.41. The summed E-state index contributed by atoms with van der Waals surface area (Å²) in [4.78, 5) is 9.03. The number of hydrogen-bond donors (Lipinski definition) is 1. The second kappa shape index (κ2) is 7.36. The van der Waals surface area contributed by atoms with E-state index < -0.39 is 0 Å². The van der Waals surface area contributed by atoms with Crippen molar-refractivity contribution in [2.75, 3.05) is 18.5 Å². The predicted molar refractivity (Wildman–Crippen MR) is 84.7 cm³/mol. The van der Waals surface area contributed by atoms with E-state index in [9.17, 15) is 0 Å². The zero-order valence-corrected chi connectivity index (χ0v) is 13.3. The summed E-state index contributed by atoms with van der Waals surface area (Å²) in [6, 6.07) is 9.98. The van der Waals surface area contributed by atoms with E-state index in [1.54, 1.807) is 0 Å². The van der Waals surface area contributed by atoms with Crippen molar-refractivity contribution >= 4 is 21.7 Å². The highest BCUT2D eigenvalue weighted by molar-refractivity contribution is 9.10. The van der Waals surface area contributed by atoms with Crippen LogP contribution in [0.2, 0.25) is 0 Å². The van der Waals surface area contributed by atoms with Gasteiger partial charge in [-0.3, -0.25) is 0 Å². The highest BCUT2D eigenvalue weighted by atomic mass is 79.9. The maximum Gasteiger partial charge on any atom is 0.157 e. The Morgan fingerprint density at radius 1 is 1.20 bits per heavy atom. The van der Waals surface area contributed by atoms with E-state index in [2.05, 4.69) is 31.2 Å². The molecule has 0 radical (unpaired) electrons. The van der Waals surface area contributed by atoms with Crippen molar-refractivity contribution in [3.63, 3.8) is 0 Å². The van der Waals surface area contributed by atoms with Gasteiger partial charge in [-0.15, -0.1) is 0 Å². The quantitative estimate of drug-likeness (QED) is 0.870. The van der Waals surface area contributed by atoms with E-state index in [4.69, 9.17) is 4.74 Å². The minimum Gasteiger partial charge on any atom is -0.374 e. The summed E-state index contributed by atoms with van der Waals surface area (Å²) in [6.45, 7) is 5.90. The molecule has 0 saturated carbocycles. The number of hydrogen-bond acceptors (Lipinski definition) is 4. The van der Waals surface area contributed by atoms with Crippen LogP contribution in [0.1, 0.15) is 19.7 Å². The van der Waals surface area contributed by atoms with Crippen molar-refractivity contribution in [2.45, 2.75) is 20.5 Å². The van der Waals surface area contributed by atoms with E-state index in [1.165, 1.54) is 0 Å². The molecule has 1 aromatic carbocycles. The fourth-order valence-corrected chi connectivity index (χ4v) is 2.32. The Balaban J connectivity index is 2.40. The number of rotatable bonds is 6. The standard InChI is InChI=1S/C15H18BrN3O/c1-3-17-14-9-13(11-7-5-6-8-12(11)16)18-15(19-14)10-20-4-2/h5-9H,3-4,10H2,1-2H3,(H,17,18,19). The number of halogens is 1. The normalized spacial score (nSPS) is 10.6. The predicted octanol–water partition coefficient (Wildman–Crippen LogP) is 3.87. The van der Waals surface area contributed by atoms with E-state index in [1.807, 2.05) is 44.2 Å². The Labute approximate surface area is 127 Å². The Morgan fingerprint density at radius 3 is 2.70 bits per heavy atom. The Kier molecular flexibility index (Phi) is 5.49. The first-order valence-corrected chi connectivity index (χ1v) is 7.48. The molecule has 0 aliphatic heterocycles. The average Bonchev–Trinajstić information content (AvgIpc) is 2.46. The zero-order chi connectivity index (χ0) is 14.4. The van der Waals surface area contributed by atoms with Crippen LogP contribution in [0.25, 0.3) is 11.3 Å². The minimum atomic E-state index is 0.424. The van der Waals surface area contributed by atoms with Crippen LogP contribution in [0.4, 0.5) is 5.82 Å². The summed E-state index contributed by atoms with van der Waals surface area (Å²) in [6.07, 6.45) is 0. The third-order valence-electron chi connectivity index (χ3n) is 2.72. The first-order chi connectivity index (χ1) is 9.74. The largest absolute Gasteiger partial charge is 0.374 e. The van der Waals surface area contributed by atoms with E-state index >= 15 is 0 Å². The molecule has 0 fully saturated rings. The van der Waals surface area contributed by atoms with Crippen molar-refractivity contribution in [3.8, 4) is 11.3 Å². The molecule has 0 atom stereocenters. The summed E-state index contributed by atoms with van der Waals surface area (Å²) in [5.41, 5.74) is 1.94. The molecule has 4 nitrogen and oxygen atoms in total. The second-order valence-corrected chi connectivity index (χ2v) is 5.06. The van der Waals surface area contributed by atoms with Crippen LogP contribution < -0.4 is 5.32 Å². The molecule has 0 amide bonds. The molecular formula is C15H18BrN3O. The number of nitrogens with zero attached hydrogens (tertiary/aromatic N) is 2. The van der Waals surface area contributed by atoms with Crippen LogP contribution >= 0.6 is 15.9 Å². The van der Waals surface area contributed by atoms with Crippen LogP contribution in [0, 0.1) is 0 Å². The van der Waals surface area contributed by atoms with Gasteiger partial charge in [0.1, 0.15) is 12.4 Å². The first kappa shape index (κ1) is 14.9. The molecule has 2 aromatic rings. The highest BCUT2D eigenvalue weighted by Crippen LogP contribution is 2.27. The van der Waals surface area contributed by atoms with Crippen molar-refractivity contribution in [3.05, 3.63) is 40.6 Å². The number of aromatic nitrogens is 2. The molecule has 1 aromatic heterocycles. The molecule has 0 saturated heterocycles. The highest BCUT2D eigenvalue weighted by Gasteiger charge is 2.09. The van der Waals surface area contributed by atoms with Crippen LogP contribution in [0.3, 0.4) is 0 Å². The molecule has 0 aliphatic rings.